The van der Waals surface area contributed by atoms with Gasteiger partial charge in [0.25, 0.3) is 0 Å². The number of rotatable bonds is 10. The zero-order valence-electron chi connectivity index (χ0n) is 11.0. The van der Waals surface area contributed by atoms with E-state index in [2.05, 4.69) is 26.1 Å². The van der Waals surface area contributed by atoms with Crippen LogP contribution < -0.4 is 5.32 Å². The predicted octanol–water partition coefficient (Wildman–Crippen LogP) is 3.07. The Morgan fingerprint density at radius 2 is 1.80 bits per heavy atom. The molecule has 0 aliphatic heterocycles. The van der Waals surface area contributed by atoms with Gasteiger partial charge in [-0.15, -0.1) is 0 Å². The van der Waals surface area contributed by atoms with Crippen molar-refractivity contribution in [3.8, 4) is 0 Å². The minimum atomic E-state index is 0.794. The Balaban J connectivity index is 3.35. The van der Waals surface area contributed by atoms with Gasteiger partial charge in [0, 0.05) is 13.7 Å². The smallest absolute Gasteiger partial charge is 0.0587 e. The van der Waals surface area contributed by atoms with Gasteiger partial charge >= 0.3 is 0 Å². The molecule has 0 fully saturated rings. The third-order valence-electron chi connectivity index (χ3n) is 3.20. The van der Waals surface area contributed by atoms with Crippen molar-refractivity contribution in [2.45, 2.75) is 46.5 Å². The number of nitrogens with one attached hydrogen (secondary N) is 1. The molecular formula is C13H29NO. The molecule has 92 valence electrons. The maximum atomic E-state index is 4.99. The quantitative estimate of drug-likeness (QED) is 0.565. The fraction of sp³-hybridized carbons (Fsp3) is 1.00. The topological polar surface area (TPSA) is 21.3 Å². The van der Waals surface area contributed by atoms with Crippen molar-refractivity contribution in [2.75, 3.05) is 26.8 Å². The van der Waals surface area contributed by atoms with Gasteiger partial charge in [0.1, 0.15) is 0 Å². The molecule has 15 heavy (non-hydrogen) atoms. The molecule has 0 heterocycles. The Morgan fingerprint density at radius 1 is 1.13 bits per heavy atom. The first kappa shape index (κ1) is 14.9. The molecule has 0 aliphatic rings. The summed E-state index contributed by atoms with van der Waals surface area (Å²) in [5.74, 6) is 1.73. The summed E-state index contributed by atoms with van der Waals surface area (Å²) in [5.41, 5.74) is 0. The van der Waals surface area contributed by atoms with Gasteiger partial charge in [0.05, 0.1) is 6.61 Å². The first-order valence-electron chi connectivity index (χ1n) is 6.44. The van der Waals surface area contributed by atoms with E-state index >= 15 is 0 Å². The minimum Gasteiger partial charge on any atom is -0.383 e. The van der Waals surface area contributed by atoms with E-state index in [4.69, 9.17) is 4.74 Å². The van der Waals surface area contributed by atoms with Crippen LogP contribution in [0, 0.1) is 11.8 Å². The SMILES string of the molecule is CCC(CC)CCC(C)CNCCOC. The average molecular weight is 215 g/mol. The molecule has 0 aromatic carbocycles. The lowest BCUT2D eigenvalue weighted by atomic mass is 9.93. The summed E-state index contributed by atoms with van der Waals surface area (Å²) in [6, 6.07) is 0. The summed E-state index contributed by atoms with van der Waals surface area (Å²) < 4.78 is 4.99. The van der Waals surface area contributed by atoms with Crippen molar-refractivity contribution in [3.63, 3.8) is 0 Å². The molecule has 0 radical (unpaired) electrons. The van der Waals surface area contributed by atoms with E-state index in [1.54, 1.807) is 7.11 Å². The summed E-state index contributed by atoms with van der Waals surface area (Å²) in [6.07, 6.45) is 5.41. The zero-order valence-corrected chi connectivity index (χ0v) is 11.0. The van der Waals surface area contributed by atoms with Crippen LogP contribution >= 0.6 is 0 Å². The standard InChI is InChI=1S/C13H29NO/c1-5-13(6-2)8-7-12(3)11-14-9-10-15-4/h12-14H,5-11H2,1-4H3. The molecule has 0 spiro atoms. The maximum absolute atomic E-state index is 4.99. The Bertz CT molecular complexity index is 124. The fourth-order valence-electron chi connectivity index (χ4n) is 1.84. The van der Waals surface area contributed by atoms with Crippen molar-refractivity contribution >= 4 is 0 Å². The molecule has 0 saturated heterocycles. The largest absolute Gasteiger partial charge is 0.383 e. The van der Waals surface area contributed by atoms with Gasteiger partial charge < -0.3 is 10.1 Å². The second kappa shape index (κ2) is 10.4. The third kappa shape index (κ3) is 8.88. The van der Waals surface area contributed by atoms with Crippen LogP contribution in [-0.4, -0.2) is 26.8 Å². The monoisotopic (exact) mass is 215 g/mol. The van der Waals surface area contributed by atoms with Crippen molar-refractivity contribution in [1.82, 2.24) is 5.32 Å². The summed E-state index contributed by atoms with van der Waals surface area (Å²) in [7, 11) is 1.75. The molecule has 1 N–H and O–H groups in total. The molecule has 0 aliphatic carbocycles. The van der Waals surface area contributed by atoms with E-state index in [1.807, 2.05) is 0 Å². The van der Waals surface area contributed by atoms with E-state index in [-0.39, 0.29) is 0 Å². The first-order valence-corrected chi connectivity index (χ1v) is 6.44. The Morgan fingerprint density at radius 3 is 2.33 bits per heavy atom. The van der Waals surface area contributed by atoms with Crippen LogP contribution in [0.2, 0.25) is 0 Å². The molecule has 2 heteroatoms. The van der Waals surface area contributed by atoms with Gasteiger partial charge in [-0.2, -0.15) is 0 Å². The van der Waals surface area contributed by atoms with Gasteiger partial charge in [-0.1, -0.05) is 40.0 Å². The highest BCUT2D eigenvalue weighted by Gasteiger charge is 2.07. The lowest BCUT2D eigenvalue weighted by Gasteiger charge is -2.16. The highest BCUT2D eigenvalue weighted by molar-refractivity contribution is 4.61. The first-order chi connectivity index (χ1) is 7.24. The lowest BCUT2D eigenvalue weighted by molar-refractivity contribution is 0.197. The van der Waals surface area contributed by atoms with Gasteiger partial charge in [0.15, 0.2) is 0 Å². The van der Waals surface area contributed by atoms with Gasteiger partial charge in [-0.05, 0) is 24.8 Å². The van der Waals surface area contributed by atoms with E-state index in [1.165, 1.54) is 25.7 Å². The Kier molecular flexibility index (Phi) is 10.4. The third-order valence-corrected chi connectivity index (χ3v) is 3.20. The zero-order chi connectivity index (χ0) is 11.5. The van der Waals surface area contributed by atoms with Crippen molar-refractivity contribution in [3.05, 3.63) is 0 Å². The van der Waals surface area contributed by atoms with Gasteiger partial charge in [-0.3, -0.25) is 0 Å². The normalized spacial score (nSPS) is 13.4. The second-order valence-electron chi connectivity index (χ2n) is 4.56. The summed E-state index contributed by atoms with van der Waals surface area (Å²) >= 11 is 0. The molecule has 0 aromatic heterocycles. The summed E-state index contributed by atoms with van der Waals surface area (Å²) in [6.45, 7) is 9.86. The van der Waals surface area contributed by atoms with E-state index in [0.717, 1.165) is 31.5 Å². The van der Waals surface area contributed by atoms with Crippen LogP contribution in [0.15, 0.2) is 0 Å². The van der Waals surface area contributed by atoms with Crippen molar-refractivity contribution in [1.29, 1.82) is 0 Å². The molecule has 0 aromatic rings. The number of methoxy groups -OCH3 is 1. The van der Waals surface area contributed by atoms with Crippen LogP contribution in [0.3, 0.4) is 0 Å². The van der Waals surface area contributed by atoms with E-state index in [0.29, 0.717) is 0 Å². The number of hydrogen-bond donors (Lipinski definition) is 1. The Labute approximate surface area is 95.8 Å². The highest BCUT2D eigenvalue weighted by atomic mass is 16.5. The van der Waals surface area contributed by atoms with Crippen LogP contribution in [0.1, 0.15) is 46.5 Å². The molecule has 1 atom stereocenters. The van der Waals surface area contributed by atoms with Crippen LogP contribution in [0.25, 0.3) is 0 Å². The van der Waals surface area contributed by atoms with Crippen LogP contribution in [0.4, 0.5) is 0 Å². The Hall–Kier alpha value is -0.0800. The van der Waals surface area contributed by atoms with E-state index in [9.17, 15) is 0 Å². The van der Waals surface area contributed by atoms with Crippen molar-refractivity contribution < 1.29 is 4.74 Å². The highest BCUT2D eigenvalue weighted by Crippen LogP contribution is 2.17. The molecule has 1 unspecified atom stereocenters. The minimum absolute atomic E-state index is 0.794. The molecule has 2 nitrogen and oxygen atoms in total. The molecule has 0 amide bonds. The second-order valence-corrected chi connectivity index (χ2v) is 4.56. The number of hydrogen-bond acceptors (Lipinski definition) is 2. The van der Waals surface area contributed by atoms with Gasteiger partial charge in [0.2, 0.25) is 0 Å². The maximum Gasteiger partial charge on any atom is 0.0587 e. The average Bonchev–Trinajstić information content (AvgIpc) is 2.26. The summed E-state index contributed by atoms with van der Waals surface area (Å²) in [4.78, 5) is 0. The molecule has 0 rings (SSSR count). The van der Waals surface area contributed by atoms with E-state index < -0.39 is 0 Å². The fourth-order valence-corrected chi connectivity index (χ4v) is 1.84. The van der Waals surface area contributed by atoms with Crippen LogP contribution in [0.5, 0.6) is 0 Å². The lowest BCUT2D eigenvalue weighted by Crippen LogP contribution is -2.25. The van der Waals surface area contributed by atoms with Gasteiger partial charge in [-0.25, -0.2) is 0 Å². The molecule has 0 saturated carbocycles. The van der Waals surface area contributed by atoms with Crippen LogP contribution in [-0.2, 0) is 4.74 Å². The predicted molar refractivity (Wildman–Crippen MR) is 67.2 cm³/mol. The van der Waals surface area contributed by atoms with Crippen molar-refractivity contribution in [2.24, 2.45) is 11.8 Å². The molecular weight excluding hydrogens is 186 g/mol. The molecule has 0 bridgehead atoms. The number of ether oxygens (including phenoxy) is 1. The summed E-state index contributed by atoms with van der Waals surface area (Å²) in [5, 5.41) is 3.42.